The average molecular weight is 302 g/mol. The number of furan rings is 1. The van der Waals surface area contributed by atoms with Crippen LogP contribution in [-0.4, -0.2) is 48.4 Å². The lowest BCUT2D eigenvalue weighted by atomic mass is 10.1. The van der Waals surface area contributed by atoms with Crippen molar-refractivity contribution in [3.63, 3.8) is 0 Å². The third-order valence-corrected chi connectivity index (χ3v) is 3.25. The van der Waals surface area contributed by atoms with Crippen molar-refractivity contribution in [2.24, 2.45) is 0 Å². The quantitative estimate of drug-likeness (QED) is 0.859. The molecule has 0 aliphatic carbocycles. The SMILES string of the molecule is CC(NC(=O)c1ccco1)C(=O)N1CCNC[C@@H]1C.Cl. The Hall–Kier alpha value is -1.53. The van der Waals surface area contributed by atoms with Crippen LogP contribution >= 0.6 is 12.4 Å². The molecule has 1 aromatic heterocycles. The molecule has 0 bridgehead atoms. The average Bonchev–Trinajstić information content (AvgIpc) is 2.92. The number of piperazine rings is 1. The molecule has 0 saturated carbocycles. The number of carbonyl (C=O) groups is 2. The van der Waals surface area contributed by atoms with Crippen molar-refractivity contribution in [2.75, 3.05) is 19.6 Å². The van der Waals surface area contributed by atoms with Crippen LogP contribution in [-0.2, 0) is 4.79 Å². The minimum atomic E-state index is -0.557. The second-order valence-electron chi connectivity index (χ2n) is 4.76. The van der Waals surface area contributed by atoms with Crippen LogP contribution in [0.25, 0.3) is 0 Å². The standard InChI is InChI=1S/C13H19N3O3.ClH/c1-9-8-14-5-6-16(9)13(18)10(2)15-12(17)11-4-3-7-19-11;/h3-4,7,9-10,14H,5-6,8H2,1-2H3,(H,15,17);1H/t9-,10?;/m0./s1. The molecule has 1 aromatic rings. The Balaban J connectivity index is 0.00000200. The van der Waals surface area contributed by atoms with Crippen molar-refractivity contribution in [1.29, 1.82) is 0 Å². The molecule has 1 unspecified atom stereocenters. The van der Waals surface area contributed by atoms with Gasteiger partial charge in [0, 0.05) is 25.7 Å². The maximum Gasteiger partial charge on any atom is 0.287 e. The molecule has 0 aromatic carbocycles. The topological polar surface area (TPSA) is 74.6 Å². The van der Waals surface area contributed by atoms with E-state index in [4.69, 9.17) is 4.42 Å². The number of nitrogens with one attached hydrogen (secondary N) is 2. The fraction of sp³-hybridized carbons (Fsp3) is 0.538. The van der Waals surface area contributed by atoms with Crippen LogP contribution < -0.4 is 10.6 Å². The summed E-state index contributed by atoms with van der Waals surface area (Å²) < 4.78 is 5.00. The van der Waals surface area contributed by atoms with Crippen LogP contribution in [0.15, 0.2) is 22.8 Å². The van der Waals surface area contributed by atoms with Gasteiger partial charge in [-0.1, -0.05) is 0 Å². The summed E-state index contributed by atoms with van der Waals surface area (Å²) in [4.78, 5) is 25.9. The van der Waals surface area contributed by atoms with Crippen LogP contribution in [0.4, 0.5) is 0 Å². The van der Waals surface area contributed by atoms with Crippen molar-refractivity contribution < 1.29 is 14.0 Å². The zero-order valence-electron chi connectivity index (χ0n) is 11.6. The molecule has 2 rings (SSSR count). The van der Waals surface area contributed by atoms with Crippen molar-refractivity contribution >= 4 is 24.2 Å². The molecule has 2 atom stereocenters. The Labute approximate surface area is 124 Å². The molecular formula is C13H20ClN3O3. The third kappa shape index (κ3) is 3.74. The predicted octanol–water partition coefficient (Wildman–Crippen LogP) is 0.640. The zero-order chi connectivity index (χ0) is 13.8. The molecule has 0 radical (unpaired) electrons. The normalized spacial score (nSPS) is 19.9. The summed E-state index contributed by atoms with van der Waals surface area (Å²) in [5.74, 6) is -0.212. The van der Waals surface area contributed by atoms with Crippen LogP contribution in [0.5, 0.6) is 0 Å². The molecule has 2 amide bonds. The van der Waals surface area contributed by atoms with Gasteiger partial charge in [-0.3, -0.25) is 9.59 Å². The Bertz CT molecular complexity index is 450. The van der Waals surface area contributed by atoms with E-state index >= 15 is 0 Å². The van der Waals surface area contributed by atoms with Gasteiger partial charge in [0.1, 0.15) is 6.04 Å². The van der Waals surface area contributed by atoms with Crippen LogP contribution in [0.3, 0.4) is 0 Å². The highest BCUT2D eigenvalue weighted by molar-refractivity contribution is 5.95. The van der Waals surface area contributed by atoms with Gasteiger partial charge in [0.2, 0.25) is 5.91 Å². The third-order valence-electron chi connectivity index (χ3n) is 3.25. The van der Waals surface area contributed by atoms with Gasteiger partial charge in [-0.15, -0.1) is 12.4 Å². The first-order valence-electron chi connectivity index (χ1n) is 6.45. The molecule has 20 heavy (non-hydrogen) atoms. The highest BCUT2D eigenvalue weighted by atomic mass is 35.5. The molecule has 7 heteroatoms. The Morgan fingerprint density at radius 3 is 2.90 bits per heavy atom. The molecule has 6 nitrogen and oxygen atoms in total. The van der Waals surface area contributed by atoms with Crippen molar-refractivity contribution in [2.45, 2.75) is 25.9 Å². The predicted molar refractivity (Wildman–Crippen MR) is 76.9 cm³/mol. The lowest BCUT2D eigenvalue weighted by Gasteiger charge is -2.35. The minimum absolute atomic E-state index is 0. The Morgan fingerprint density at radius 2 is 2.30 bits per heavy atom. The van der Waals surface area contributed by atoms with E-state index in [-0.39, 0.29) is 36.0 Å². The summed E-state index contributed by atoms with van der Waals surface area (Å²) in [5.41, 5.74) is 0. The van der Waals surface area contributed by atoms with E-state index < -0.39 is 6.04 Å². The summed E-state index contributed by atoms with van der Waals surface area (Å²) in [7, 11) is 0. The van der Waals surface area contributed by atoms with E-state index in [1.807, 2.05) is 6.92 Å². The van der Waals surface area contributed by atoms with Gasteiger partial charge in [-0.25, -0.2) is 0 Å². The molecular weight excluding hydrogens is 282 g/mol. The first-order chi connectivity index (χ1) is 9.09. The van der Waals surface area contributed by atoms with Crippen molar-refractivity contribution in [3.05, 3.63) is 24.2 Å². The van der Waals surface area contributed by atoms with Crippen molar-refractivity contribution in [3.8, 4) is 0 Å². The number of nitrogens with zero attached hydrogens (tertiary/aromatic N) is 1. The summed E-state index contributed by atoms with van der Waals surface area (Å²) in [6.45, 7) is 5.92. The second kappa shape index (κ2) is 7.31. The van der Waals surface area contributed by atoms with Gasteiger partial charge in [0.25, 0.3) is 5.91 Å². The molecule has 2 N–H and O–H groups in total. The van der Waals surface area contributed by atoms with Gasteiger partial charge in [-0.2, -0.15) is 0 Å². The number of hydrogen-bond donors (Lipinski definition) is 2. The minimum Gasteiger partial charge on any atom is -0.459 e. The molecule has 0 spiro atoms. The maximum atomic E-state index is 12.3. The summed E-state index contributed by atoms with van der Waals surface area (Å²) in [6, 6.07) is 2.79. The lowest BCUT2D eigenvalue weighted by molar-refractivity contribution is -0.135. The van der Waals surface area contributed by atoms with E-state index in [0.29, 0.717) is 6.54 Å². The highest BCUT2D eigenvalue weighted by Crippen LogP contribution is 2.06. The van der Waals surface area contributed by atoms with Crippen LogP contribution in [0.1, 0.15) is 24.4 Å². The summed E-state index contributed by atoms with van der Waals surface area (Å²) in [6.07, 6.45) is 1.43. The second-order valence-corrected chi connectivity index (χ2v) is 4.76. The van der Waals surface area contributed by atoms with Gasteiger partial charge in [0.05, 0.1) is 6.26 Å². The molecule has 1 fully saturated rings. The Kier molecular flexibility index (Phi) is 6.04. The van der Waals surface area contributed by atoms with Crippen LogP contribution in [0.2, 0.25) is 0 Å². The molecule has 2 heterocycles. The first-order valence-corrected chi connectivity index (χ1v) is 6.45. The first kappa shape index (κ1) is 16.5. The molecule has 1 aliphatic rings. The van der Waals surface area contributed by atoms with Gasteiger partial charge in [-0.05, 0) is 26.0 Å². The lowest BCUT2D eigenvalue weighted by Crippen LogP contribution is -2.57. The smallest absolute Gasteiger partial charge is 0.287 e. The Morgan fingerprint density at radius 1 is 1.55 bits per heavy atom. The van der Waals surface area contributed by atoms with Gasteiger partial charge >= 0.3 is 0 Å². The number of halogens is 1. The van der Waals surface area contributed by atoms with Crippen LogP contribution in [0, 0.1) is 0 Å². The zero-order valence-corrected chi connectivity index (χ0v) is 12.4. The van der Waals surface area contributed by atoms with E-state index in [2.05, 4.69) is 10.6 Å². The van der Waals surface area contributed by atoms with Gasteiger partial charge < -0.3 is 20.0 Å². The molecule has 112 valence electrons. The van der Waals surface area contributed by atoms with E-state index in [9.17, 15) is 9.59 Å². The van der Waals surface area contributed by atoms with E-state index in [1.165, 1.54) is 6.26 Å². The summed E-state index contributed by atoms with van der Waals surface area (Å²) >= 11 is 0. The van der Waals surface area contributed by atoms with Crippen molar-refractivity contribution in [1.82, 2.24) is 15.5 Å². The summed E-state index contributed by atoms with van der Waals surface area (Å²) in [5, 5.41) is 5.88. The fourth-order valence-corrected chi connectivity index (χ4v) is 2.15. The van der Waals surface area contributed by atoms with Gasteiger partial charge in [0.15, 0.2) is 5.76 Å². The van der Waals surface area contributed by atoms with E-state index in [0.717, 1.165) is 13.1 Å². The number of carbonyl (C=O) groups excluding carboxylic acids is 2. The largest absolute Gasteiger partial charge is 0.459 e. The number of rotatable bonds is 3. The fourth-order valence-electron chi connectivity index (χ4n) is 2.15. The monoisotopic (exact) mass is 301 g/mol. The number of amides is 2. The number of hydrogen-bond acceptors (Lipinski definition) is 4. The van der Waals surface area contributed by atoms with E-state index in [1.54, 1.807) is 24.0 Å². The molecule has 1 aliphatic heterocycles. The molecule has 1 saturated heterocycles. The highest BCUT2D eigenvalue weighted by Gasteiger charge is 2.28. The maximum absolute atomic E-state index is 12.3.